The summed E-state index contributed by atoms with van der Waals surface area (Å²) in [6.45, 7) is 3.68. The lowest BCUT2D eigenvalue weighted by atomic mass is 9.91. The van der Waals surface area contributed by atoms with Crippen LogP contribution < -0.4 is 11.5 Å². The standard InChI is InChI=1S/C22H25N3O3/c1-2-28-22(26)20-13-16-12-15(14-8-10-27-11-9-14)6-7-18(16)25(20)19-5-3-4-17(23)21(19)24/h3-7,12-14H,2,8-11,23-24H2,1H3. The fourth-order valence-corrected chi connectivity index (χ4v) is 3.90. The zero-order valence-corrected chi connectivity index (χ0v) is 16.0. The molecule has 0 atom stereocenters. The molecule has 2 heterocycles. The Balaban J connectivity index is 1.89. The van der Waals surface area contributed by atoms with E-state index >= 15 is 0 Å². The molecule has 4 N–H and O–H groups in total. The minimum absolute atomic E-state index is 0.306. The fraction of sp³-hybridized carbons (Fsp3) is 0.318. The number of hydrogen-bond donors (Lipinski definition) is 2. The lowest BCUT2D eigenvalue weighted by molar-refractivity contribution is 0.0517. The number of fused-ring (bicyclic) bond motifs is 1. The molecule has 6 heteroatoms. The summed E-state index contributed by atoms with van der Waals surface area (Å²) in [5.74, 6) is 0.0955. The average molecular weight is 379 g/mol. The zero-order valence-electron chi connectivity index (χ0n) is 16.0. The van der Waals surface area contributed by atoms with E-state index in [9.17, 15) is 4.79 Å². The summed E-state index contributed by atoms with van der Waals surface area (Å²) in [6, 6.07) is 13.7. The van der Waals surface area contributed by atoms with Crippen LogP contribution in [0.5, 0.6) is 0 Å². The lowest BCUT2D eigenvalue weighted by Crippen LogP contribution is -2.14. The van der Waals surface area contributed by atoms with Crippen molar-refractivity contribution in [3.8, 4) is 5.69 Å². The molecular weight excluding hydrogens is 354 g/mol. The van der Waals surface area contributed by atoms with Gasteiger partial charge >= 0.3 is 5.97 Å². The number of esters is 1. The van der Waals surface area contributed by atoms with Gasteiger partial charge in [-0.05, 0) is 61.6 Å². The van der Waals surface area contributed by atoms with Crippen molar-refractivity contribution < 1.29 is 14.3 Å². The van der Waals surface area contributed by atoms with Crippen LogP contribution in [0, 0.1) is 0 Å². The second-order valence-corrected chi connectivity index (χ2v) is 7.07. The maximum atomic E-state index is 12.7. The van der Waals surface area contributed by atoms with Crippen molar-refractivity contribution in [3.63, 3.8) is 0 Å². The molecule has 0 saturated carbocycles. The Hall–Kier alpha value is -2.99. The minimum Gasteiger partial charge on any atom is -0.461 e. The average Bonchev–Trinajstić information content (AvgIpc) is 3.09. The van der Waals surface area contributed by atoms with E-state index in [1.165, 1.54) is 5.56 Å². The molecule has 146 valence electrons. The number of aromatic nitrogens is 1. The summed E-state index contributed by atoms with van der Waals surface area (Å²) >= 11 is 0. The van der Waals surface area contributed by atoms with Crippen LogP contribution in [0.25, 0.3) is 16.6 Å². The van der Waals surface area contributed by atoms with Crippen LogP contribution in [-0.2, 0) is 9.47 Å². The molecule has 0 aliphatic carbocycles. The van der Waals surface area contributed by atoms with Gasteiger partial charge in [0.2, 0.25) is 0 Å². The molecule has 1 aliphatic rings. The first-order chi connectivity index (χ1) is 13.6. The van der Waals surface area contributed by atoms with E-state index in [1.54, 1.807) is 13.0 Å². The molecule has 0 amide bonds. The number of nitrogens with zero attached hydrogens (tertiary/aromatic N) is 1. The van der Waals surface area contributed by atoms with Gasteiger partial charge in [0.1, 0.15) is 5.69 Å². The molecule has 6 nitrogen and oxygen atoms in total. The Morgan fingerprint density at radius 3 is 2.71 bits per heavy atom. The van der Waals surface area contributed by atoms with Crippen molar-refractivity contribution in [1.29, 1.82) is 0 Å². The quantitative estimate of drug-likeness (QED) is 0.530. The van der Waals surface area contributed by atoms with Gasteiger partial charge in [0.05, 0.1) is 29.2 Å². The number of nitrogen functional groups attached to an aromatic ring is 2. The summed E-state index contributed by atoms with van der Waals surface area (Å²) < 4.78 is 12.6. The maximum Gasteiger partial charge on any atom is 0.355 e. The van der Waals surface area contributed by atoms with E-state index in [1.807, 2.05) is 28.8 Å². The second kappa shape index (κ2) is 7.56. The summed E-state index contributed by atoms with van der Waals surface area (Å²) in [4.78, 5) is 12.7. The van der Waals surface area contributed by atoms with Gasteiger partial charge in [0.25, 0.3) is 0 Å². The monoisotopic (exact) mass is 379 g/mol. The maximum absolute atomic E-state index is 12.7. The molecule has 4 rings (SSSR count). The Bertz CT molecular complexity index is 1020. The van der Waals surface area contributed by atoms with Gasteiger partial charge in [0, 0.05) is 18.6 Å². The number of nitrogens with two attached hydrogens (primary N) is 2. The van der Waals surface area contributed by atoms with Crippen molar-refractivity contribution in [2.75, 3.05) is 31.3 Å². The molecule has 1 aliphatic heterocycles. The third-order valence-corrected chi connectivity index (χ3v) is 5.36. The smallest absolute Gasteiger partial charge is 0.355 e. The molecule has 1 aromatic heterocycles. The van der Waals surface area contributed by atoms with Crippen molar-refractivity contribution in [1.82, 2.24) is 4.57 Å². The number of hydrogen-bond acceptors (Lipinski definition) is 5. The third-order valence-electron chi connectivity index (χ3n) is 5.36. The first-order valence-corrected chi connectivity index (χ1v) is 9.64. The SMILES string of the molecule is CCOC(=O)c1cc2cc(C3CCOCC3)ccc2n1-c1cccc(N)c1N. The molecule has 1 fully saturated rings. The van der Waals surface area contributed by atoms with E-state index in [0.29, 0.717) is 35.3 Å². The van der Waals surface area contributed by atoms with Crippen molar-refractivity contribution in [2.45, 2.75) is 25.7 Å². The number of rotatable bonds is 4. The summed E-state index contributed by atoms with van der Waals surface area (Å²) in [5.41, 5.74) is 16.5. The number of ether oxygens (including phenoxy) is 2. The number of para-hydroxylation sites is 1. The highest BCUT2D eigenvalue weighted by atomic mass is 16.5. The van der Waals surface area contributed by atoms with Gasteiger partial charge in [-0.15, -0.1) is 0 Å². The predicted octanol–water partition coefficient (Wildman–Crippen LogP) is 3.87. The first-order valence-electron chi connectivity index (χ1n) is 9.64. The highest BCUT2D eigenvalue weighted by Gasteiger charge is 2.22. The van der Waals surface area contributed by atoms with Crippen LogP contribution in [0.15, 0.2) is 42.5 Å². The van der Waals surface area contributed by atoms with Gasteiger partial charge in [0.15, 0.2) is 0 Å². The minimum atomic E-state index is -0.381. The number of carbonyl (C=O) groups is 1. The summed E-state index contributed by atoms with van der Waals surface area (Å²) in [7, 11) is 0. The molecule has 2 aromatic carbocycles. The van der Waals surface area contributed by atoms with Crippen molar-refractivity contribution >= 4 is 28.2 Å². The largest absolute Gasteiger partial charge is 0.461 e. The van der Waals surface area contributed by atoms with E-state index in [-0.39, 0.29) is 5.97 Å². The lowest BCUT2D eigenvalue weighted by Gasteiger charge is -2.22. The van der Waals surface area contributed by atoms with E-state index < -0.39 is 0 Å². The van der Waals surface area contributed by atoms with Crippen LogP contribution in [0.3, 0.4) is 0 Å². The van der Waals surface area contributed by atoms with Gasteiger partial charge < -0.3 is 25.5 Å². The molecule has 28 heavy (non-hydrogen) atoms. The van der Waals surface area contributed by atoms with Crippen LogP contribution in [0.1, 0.15) is 41.7 Å². The molecular formula is C22H25N3O3. The molecule has 1 saturated heterocycles. The van der Waals surface area contributed by atoms with Crippen LogP contribution in [0.4, 0.5) is 11.4 Å². The highest BCUT2D eigenvalue weighted by Crippen LogP contribution is 2.34. The van der Waals surface area contributed by atoms with Crippen LogP contribution >= 0.6 is 0 Å². The molecule has 0 bridgehead atoms. The normalized spacial score (nSPS) is 15.0. The molecule has 3 aromatic rings. The zero-order chi connectivity index (χ0) is 19.7. The molecule has 0 radical (unpaired) electrons. The van der Waals surface area contributed by atoms with E-state index in [0.717, 1.165) is 37.0 Å². The highest BCUT2D eigenvalue weighted by molar-refractivity contribution is 5.98. The van der Waals surface area contributed by atoms with Crippen molar-refractivity contribution in [2.24, 2.45) is 0 Å². The van der Waals surface area contributed by atoms with Crippen LogP contribution in [-0.4, -0.2) is 30.4 Å². The Kier molecular flexibility index (Phi) is 4.96. The second-order valence-electron chi connectivity index (χ2n) is 7.07. The fourth-order valence-electron chi connectivity index (χ4n) is 3.90. The summed E-state index contributed by atoms with van der Waals surface area (Å²) in [6.07, 6.45) is 2.03. The Morgan fingerprint density at radius 2 is 1.96 bits per heavy atom. The summed E-state index contributed by atoms with van der Waals surface area (Å²) in [5, 5.41) is 0.980. The molecule has 0 spiro atoms. The molecule has 0 unspecified atom stereocenters. The first kappa shape index (κ1) is 18.4. The third kappa shape index (κ3) is 3.20. The van der Waals surface area contributed by atoms with E-state index in [4.69, 9.17) is 20.9 Å². The van der Waals surface area contributed by atoms with Gasteiger partial charge in [-0.2, -0.15) is 0 Å². The predicted molar refractivity (Wildman–Crippen MR) is 111 cm³/mol. The van der Waals surface area contributed by atoms with E-state index in [2.05, 4.69) is 12.1 Å². The Labute approximate surface area is 164 Å². The Morgan fingerprint density at radius 1 is 1.18 bits per heavy atom. The van der Waals surface area contributed by atoms with Crippen molar-refractivity contribution in [3.05, 3.63) is 53.7 Å². The number of anilines is 2. The van der Waals surface area contributed by atoms with Gasteiger partial charge in [-0.1, -0.05) is 12.1 Å². The van der Waals surface area contributed by atoms with Crippen LogP contribution in [0.2, 0.25) is 0 Å². The van der Waals surface area contributed by atoms with Gasteiger partial charge in [-0.3, -0.25) is 0 Å². The number of benzene rings is 2. The number of carbonyl (C=O) groups excluding carboxylic acids is 1. The van der Waals surface area contributed by atoms with Gasteiger partial charge in [-0.25, -0.2) is 4.79 Å². The topological polar surface area (TPSA) is 92.5 Å².